The number of fused-ring (bicyclic) bond motifs is 1. The van der Waals surface area contributed by atoms with Crippen LogP contribution in [0.1, 0.15) is 29.3 Å². The zero-order chi connectivity index (χ0) is 23.8. The number of nitrogens with zero attached hydrogens (tertiary/aromatic N) is 1. The van der Waals surface area contributed by atoms with Gasteiger partial charge in [0.2, 0.25) is 0 Å². The second kappa shape index (κ2) is 8.59. The normalized spacial score (nSPS) is 15.4. The summed E-state index contributed by atoms with van der Waals surface area (Å²) in [5, 5.41) is 9.17. The molecule has 0 unspecified atom stereocenters. The van der Waals surface area contributed by atoms with Crippen LogP contribution in [0.5, 0.6) is 5.75 Å². The van der Waals surface area contributed by atoms with Gasteiger partial charge in [-0.1, -0.05) is 12.1 Å². The van der Waals surface area contributed by atoms with Crippen molar-refractivity contribution >= 4 is 21.5 Å². The molecule has 1 aliphatic heterocycles. The summed E-state index contributed by atoms with van der Waals surface area (Å²) in [5.41, 5.74) is 0.608. The lowest BCUT2D eigenvalue weighted by Crippen LogP contribution is -2.47. The zero-order valence-electron chi connectivity index (χ0n) is 17.8. The third-order valence-corrected chi connectivity index (χ3v) is 8.05. The minimum atomic E-state index is -3.88. The van der Waals surface area contributed by atoms with Gasteiger partial charge in [0.1, 0.15) is 17.2 Å². The fourth-order valence-corrected chi connectivity index (χ4v) is 4.63. The zero-order valence-corrected chi connectivity index (χ0v) is 18.6. The van der Waals surface area contributed by atoms with Crippen molar-refractivity contribution in [2.75, 3.05) is 26.5 Å². The predicted octanol–water partition coefficient (Wildman–Crippen LogP) is 2.35. The smallest absolute Gasteiger partial charge is 0.254 e. The van der Waals surface area contributed by atoms with Crippen LogP contribution < -0.4 is 4.74 Å². The topological polar surface area (TPSA) is 101 Å². The lowest BCUT2D eigenvalue weighted by atomic mass is 9.99. The van der Waals surface area contributed by atoms with Crippen LogP contribution in [-0.4, -0.2) is 61.4 Å². The van der Waals surface area contributed by atoms with Gasteiger partial charge in [0.25, 0.3) is 5.91 Å². The third kappa shape index (κ3) is 4.00. The van der Waals surface area contributed by atoms with Gasteiger partial charge in [0.15, 0.2) is 27.2 Å². The van der Waals surface area contributed by atoms with Crippen molar-refractivity contribution < 1.29 is 36.6 Å². The molecule has 1 amide bonds. The van der Waals surface area contributed by atoms with Crippen LogP contribution >= 0.6 is 0 Å². The summed E-state index contributed by atoms with van der Waals surface area (Å²) in [6, 6.07) is 6.83. The average Bonchev–Trinajstić information content (AvgIpc) is 3.07. The van der Waals surface area contributed by atoms with Crippen molar-refractivity contribution in [2.45, 2.75) is 24.6 Å². The van der Waals surface area contributed by atoms with Crippen molar-refractivity contribution in [1.29, 1.82) is 0 Å². The highest BCUT2D eigenvalue weighted by Crippen LogP contribution is 2.34. The van der Waals surface area contributed by atoms with E-state index in [2.05, 4.69) is 0 Å². The molecule has 0 aromatic heterocycles. The Morgan fingerprint density at radius 2 is 1.88 bits per heavy atom. The number of carbonyl (C=O) groups excluding carboxylic acids is 2. The molecule has 0 radical (unpaired) electrons. The SMILES string of the molecule is COc1ccc(-c2ccc3c(c2F)CN(CC[C@](C)(C(=O)CO)S(C)(=O)=O)C3=O)cc1F. The number of Topliss-reactive ketones (excluding diaryl/α,β-unsaturated/α-hetero) is 1. The third-order valence-electron chi connectivity index (χ3n) is 5.98. The van der Waals surface area contributed by atoms with Gasteiger partial charge < -0.3 is 14.7 Å². The number of aliphatic hydroxyl groups is 1. The maximum Gasteiger partial charge on any atom is 0.254 e. The second-order valence-corrected chi connectivity index (χ2v) is 10.3. The Balaban J connectivity index is 1.88. The highest BCUT2D eigenvalue weighted by atomic mass is 32.2. The molecule has 0 saturated heterocycles. The molecule has 2 aromatic rings. The van der Waals surface area contributed by atoms with Crippen LogP contribution in [0.4, 0.5) is 8.78 Å². The second-order valence-electron chi connectivity index (χ2n) is 7.86. The highest BCUT2D eigenvalue weighted by Gasteiger charge is 2.43. The molecule has 2 aromatic carbocycles. The molecule has 10 heteroatoms. The van der Waals surface area contributed by atoms with Crippen molar-refractivity contribution in [2.24, 2.45) is 0 Å². The van der Waals surface area contributed by atoms with E-state index < -0.39 is 44.5 Å². The first kappa shape index (κ1) is 23.8. The molecule has 1 heterocycles. The number of halogens is 2. The molecular formula is C22H23F2NO6S. The Hall–Kier alpha value is -2.85. The molecule has 0 spiro atoms. The molecule has 32 heavy (non-hydrogen) atoms. The van der Waals surface area contributed by atoms with E-state index in [0.717, 1.165) is 12.3 Å². The fourth-order valence-electron chi connectivity index (χ4n) is 3.69. The average molecular weight is 467 g/mol. The maximum absolute atomic E-state index is 15.3. The fraction of sp³-hybridized carbons (Fsp3) is 0.364. The van der Waals surface area contributed by atoms with Crippen LogP contribution in [-0.2, 0) is 21.2 Å². The van der Waals surface area contributed by atoms with Gasteiger partial charge in [-0.2, -0.15) is 0 Å². The molecule has 0 fully saturated rings. The van der Waals surface area contributed by atoms with Crippen LogP contribution in [0.3, 0.4) is 0 Å². The molecule has 172 valence electrons. The molecule has 7 nitrogen and oxygen atoms in total. The Morgan fingerprint density at radius 3 is 2.44 bits per heavy atom. The van der Waals surface area contributed by atoms with Gasteiger partial charge in [-0.05, 0) is 37.1 Å². The number of aliphatic hydroxyl groups excluding tert-OH is 1. The van der Waals surface area contributed by atoms with Crippen molar-refractivity contribution in [3.05, 3.63) is 53.1 Å². The first-order valence-electron chi connectivity index (χ1n) is 9.73. The summed E-state index contributed by atoms with van der Waals surface area (Å²) in [6.45, 7) is -0.00592. The van der Waals surface area contributed by atoms with Crippen LogP contribution in [0.15, 0.2) is 30.3 Å². The van der Waals surface area contributed by atoms with E-state index in [1.807, 2.05) is 0 Å². The number of sulfone groups is 1. The molecule has 1 aliphatic rings. The number of hydrogen-bond donors (Lipinski definition) is 1. The van der Waals surface area contributed by atoms with Gasteiger partial charge in [-0.15, -0.1) is 0 Å². The van der Waals surface area contributed by atoms with Crippen molar-refractivity contribution in [3.63, 3.8) is 0 Å². The van der Waals surface area contributed by atoms with Crippen LogP contribution in [0, 0.1) is 11.6 Å². The number of ketones is 1. The summed E-state index contributed by atoms with van der Waals surface area (Å²) in [6.07, 6.45) is 0.643. The number of ether oxygens (including phenoxy) is 1. The summed E-state index contributed by atoms with van der Waals surface area (Å²) >= 11 is 0. The molecule has 1 atom stereocenters. The van der Waals surface area contributed by atoms with Gasteiger partial charge >= 0.3 is 0 Å². The van der Waals surface area contributed by atoms with E-state index in [4.69, 9.17) is 9.84 Å². The Labute approximate surface area is 184 Å². The number of amides is 1. The Morgan fingerprint density at radius 1 is 1.22 bits per heavy atom. The molecule has 1 N–H and O–H groups in total. The van der Waals surface area contributed by atoms with Gasteiger partial charge in [-0.3, -0.25) is 9.59 Å². The lowest BCUT2D eigenvalue weighted by molar-refractivity contribution is -0.124. The lowest BCUT2D eigenvalue weighted by Gasteiger charge is -2.27. The standard InChI is InChI=1S/C22H23F2NO6S/c1-22(19(27)12-26,32(3,29)30)8-9-25-11-16-15(21(25)28)6-5-14(20(16)24)13-4-7-18(31-2)17(23)10-13/h4-7,10,26H,8-9,11-12H2,1-3H3/t22-/m1/s1. The number of methoxy groups -OCH3 is 1. The predicted molar refractivity (Wildman–Crippen MR) is 113 cm³/mol. The summed E-state index contributed by atoms with van der Waals surface area (Å²) < 4.78 is 56.6. The number of carbonyl (C=O) groups is 2. The maximum atomic E-state index is 15.3. The van der Waals surface area contributed by atoms with Gasteiger partial charge in [0.05, 0.1) is 7.11 Å². The molecule has 0 saturated carbocycles. The largest absolute Gasteiger partial charge is 0.494 e. The van der Waals surface area contributed by atoms with Crippen LogP contribution in [0.25, 0.3) is 11.1 Å². The van der Waals surface area contributed by atoms with E-state index in [-0.39, 0.29) is 47.5 Å². The van der Waals surface area contributed by atoms with Gasteiger partial charge in [0, 0.05) is 36.0 Å². The van der Waals surface area contributed by atoms with E-state index >= 15 is 4.39 Å². The quantitative estimate of drug-likeness (QED) is 0.640. The first-order valence-corrected chi connectivity index (χ1v) is 11.6. The monoisotopic (exact) mass is 467 g/mol. The van der Waals surface area contributed by atoms with E-state index in [1.54, 1.807) is 0 Å². The van der Waals surface area contributed by atoms with Crippen molar-refractivity contribution in [1.82, 2.24) is 4.90 Å². The molecular weight excluding hydrogens is 444 g/mol. The minimum Gasteiger partial charge on any atom is -0.494 e. The minimum absolute atomic E-state index is 0.0167. The summed E-state index contributed by atoms with van der Waals surface area (Å²) in [5.74, 6) is -2.70. The highest BCUT2D eigenvalue weighted by molar-refractivity contribution is 7.92. The molecule has 0 bridgehead atoms. The van der Waals surface area contributed by atoms with Crippen LogP contribution in [0.2, 0.25) is 0 Å². The molecule has 0 aliphatic carbocycles. The van der Waals surface area contributed by atoms with E-state index in [0.29, 0.717) is 0 Å². The summed E-state index contributed by atoms with van der Waals surface area (Å²) in [4.78, 5) is 26.1. The number of benzene rings is 2. The Bertz CT molecular complexity index is 1200. The van der Waals surface area contributed by atoms with Gasteiger partial charge in [-0.25, -0.2) is 17.2 Å². The van der Waals surface area contributed by atoms with E-state index in [9.17, 15) is 22.4 Å². The molecule has 3 rings (SSSR count). The number of rotatable bonds is 8. The Kier molecular flexibility index (Phi) is 6.39. The van der Waals surface area contributed by atoms with Crippen molar-refractivity contribution in [3.8, 4) is 16.9 Å². The van der Waals surface area contributed by atoms with E-state index in [1.165, 1.54) is 43.2 Å². The first-order chi connectivity index (χ1) is 14.9. The summed E-state index contributed by atoms with van der Waals surface area (Å²) in [7, 11) is -2.56. The number of hydrogen-bond acceptors (Lipinski definition) is 6.